The molecule has 1 amide bonds. The summed E-state index contributed by atoms with van der Waals surface area (Å²) in [5, 5.41) is 19.9. The highest BCUT2D eigenvalue weighted by Gasteiger charge is 2.32. The van der Waals surface area contributed by atoms with Gasteiger partial charge in [-0.15, -0.1) is 5.53 Å². The Labute approximate surface area is 297 Å². The number of carbonyl (C=O) groups excluding carboxylic acids is 1. The number of anilines is 3. The molecule has 0 bridgehead atoms. The van der Waals surface area contributed by atoms with E-state index in [4.69, 9.17) is 39.5 Å². The van der Waals surface area contributed by atoms with Crippen LogP contribution < -0.4 is 21.6 Å². The second kappa shape index (κ2) is 14.1. The van der Waals surface area contributed by atoms with Crippen LogP contribution in [0.3, 0.4) is 0 Å². The van der Waals surface area contributed by atoms with Gasteiger partial charge in [0.15, 0.2) is 0 Å². The zero-order chi connectivity index (χ0) is 34.9. The number of benzene rings is 2. The topological polar surface area (TPSA) is 130 Å². The van der Waals surface area contributed by atoms with E-state index in [0.717, 1.165) is 24.1 Å². The molecule has 1 saturated heterocycles. The van der Waals surface area contributed by atoms with E-state index in [1.807, 2.05) is 44.1 Å². The maximum absolute atomic E-state index is 13.9. The normalized spacial score (nSPS) is 15.8. The number of fused-ring (bicyclic) bond motifs is 1. The summed E-state index contributed by atoms with van der Waals surface area (Å²) in [7, 11) is 0. The molecule has 254 valence electrons. The SMILES string of the molecule is CC(C)(C)OC(=O)N1CCC(N2C=C([C@@H](Nc3cc(Cl)c4ncc(C#N)c(Nc5ccc(F)c(Cl)c5)c4c3)c3ccc(Cl)nc3)NN2)CC1. The van der Waals surface area contributed by atoms with E-state index in [-0.39, 0.29) is 22.7 Å². The molecule has 6 rings (SSSR count). The maximum Gasteiger partial charge on any atom is 0.410 e. The van der Waals surface area contributed by atoms with Crippen LogP contribution in [0.25, 0.3) is 10.9 Å². The summed E-state index contributed by atoms with van der Waals surface area (Å²) >= 11 is 19.0. The molecule has 2 aliphatic rings. The lowest BCUT2D eigenvalue weighted by atomic mass is 10.0. The molecule has 15 heteroatoms. The number of hydrogen-bond acceptors (Lipinski definition) is 10. The van der Waals surface area contributed by atoms with Gasteiger partial charge in [-0.25, -0.2) is 14.2 Å². The molecule has 0 saturated carbocycles. The van der Waals surface area contributed by atoms with Crippen LogP contribution in [0.2, 0.25) is 15.2 Å². The van der Waals surface area contributed by atoms with Gasteiger partial charge in [-0.05, 0) is 75.6 Å². The van der Waals surface area contributed by atoms with Crippen LogP contribution in [-0.4, -0.2) is 50.7 Å². The zero-order valence-electron chi connectivity index (χ0n) is 26.8. The van der Waals surface area contributed by atoms with E-state index < -0.39 is 17.5 Å². The van der Waals surface area contributed by atoms with Crippen molar-refractivity contribution < 1.29 is 13.9 Å². The van der Waals surface area contributed by atoms with Gasteiger partial charge in [0.05, 0.1) is 38.6 Å². The zero-order valence-corrected chi connectivity index (χ0v) is 29.1. The van der Waals surface area contributed by atoms with Crippen LogP contribution >= 0.6 is 34.8 Å². The number of pyridine rings is 2. The van der Waals surface area contributed by atoms with Crippen molar-refractivity contribution in [2.24, 2.45) is 0 Å². The number of halogens is 4. The average Bonchev–Trinajstić information content (AvgIpc) is 3.55. The van der Waals surface area contributed by atoms with Crippen LogP contribution in [0.1, 0.15) is 50.8 Å². The van der Waals surface area contributed by atoms with Crippen molar-refractivity contribution >= 4 is 68.9 Å². The standard InChI is InChI=1S/C34H33Cl3FN9O2/c1-34(2,3)49-33(48)46-10-8-23(9-11-46)47-18-28(44-45-47)31(19-4-7-29(37)40-16-19)43-22-12-24-30(42-21-5-6-27(38)25(35)13-21)20(15-39)17-41-32(24)26(36)14-22/h4-7,12-14,16-18,23,31,43-45H,8-11H2,1-3H3,(H,41,42)/t31-/m0/s1. The minimum atomic E-state index is -0.557. The molecule has 1 fully saturated rings. The Balaban J connectivity index is 1.29. The number of nitriles is 1. The second-order valence-electron chi connectivity index (χ2n) is 12.7. The van der Waals surface area contributed by atoms with Crippen molar-refractivity contribution in [2.45, 2.75) is 51.3 Å². The minimum absolute atomic E-state index is 0.0599. The number of nitrogens with one attached hydrogen (secondary N) is 4. The Bertz CT molecular complexity index is 1960. The number of hydrogen-bond donors (Lipinski definition) is 4. The van der Waals surface area contributed by atoms with Crippen LogP contribution in [0.5, 0.6) is 0 Å². The third kappa shape index (κ3) is 7.86. The van der Waals surface area contributed by atoms with Gasteiger partial charge < -0.3 is 25.7 Å². The van der Waals surface area contributed by atoms with E-state index in [1.54, 1.807) is 23.2 Å². The predicted octanol–water partition coefficient (Wildman–Crippen LogP) is 8.06. The first kappa shape index (κ1) is 34.3. The van der Waals surface area contributed by atoms with Crippen LogP contribution in [0, 0.1) is 17.1 Å². The summed E-state index contributed by atoms with van der Waals surface area (Å²) in [4.78, 5) is 23.1. The number of aromatic nitrogens is 2. The van der Waals surface area contributed by atoms with E-state index in [2.05, 4.69) is 37.6 Å². The lowest BCUT2D eigenvalue weighted by Crippen LogP contribution is -2.50. The highest BCUT2D eigenvalue weighted by molar-refractivity contribution is 6.36. The van der Waals surface area contributed by atoms with E-state index in [1.165, 1.54) is 24.4 Å². The molecule has 4 aromatic rings. The van der Waals surface area contributed by atoms with Crippen LogP contribution in [0.15, 0.2) is 66.8 Å². The van der Waals surface area contributed by atoms with Crippen molar-refractivity contribution in [2.75, 3.05) is 23.7 Å². The van der Waals surface area contributed by atoms with Gasteiger partial charge >= 0.3 is 6.09 Å². The van der Waals surface area contributed by atoms with Crippen molar-refractivity contribution in [3.05, 3.63) is 98.9 Å². The minimum Gasteiger partial charge on any atom is -0.444 e. The fourth-order valence-electron chi connectivity index (χ4n) is 5.69. The average molecular weight is 725 g/mol. The predicted molar refractivity (Wildman–Crippen MR) is 189 cm³/mol. The van der Waals surface area contributed by atoms with Crippen molar-refractivity contribution in [1.29, 1.82) is 5.26 Å². The van der Waals surface area contributed by atoms with Crippen molar-refractivity contribution in [1.82, 2.24) is 30.8 Å². The number of nitrogens with zero attached hydrogens (tertiary/aromatic N) is 5. The Kier molecular flexibility index (Phi) is 9.90. The molecule has 0 aliphatic carbocycles. The molecule has 2 aromatic heterocycles. The summed E-state index contributed by atoms with van der Waals surface area (Å²) in [6.45, 7) is 6.71. The molecular weight excluding hydrogens is 692 g/mol. The lowest BCUT2D eigenvalue weighted by Gasteiger charge is -2.36. The van der Waals surface area contributed by atoms with Gasteiger partial charge in [0.2, 0.25) is 0 Å². The smallest absolute Gasteiger partial charge is 0.410 e. The Hall–Kier alpha value is -4.54. The first-order chi connectivity index (χ1) is 23.4. The second-order valence-corrected chi connectivity index (χ2v) is 13.9. The Morgan fingerprint density at radius 1 is 1.06 bits per heavy atom. The van der Waals surface area contributed by atoms with Gasteiger partial charge in [0, 0.05) is 54.5 Å². The fraction of sp³-hybridized carbons (Fsp3) is 0.294. The van der Waals surface area contributed by atoms with Crippen molar-refractivity contribution in [3.63, 3.8) is 0 Å². The highest BCUT2D eigenvalue weighted by Crippen LogP contribution is 2.37. The van der Waals surface area contributed by atoms with Gasteiger partial charge in [-0.3, -0.25) is 9.99 Å². The molecule has 2 aromatic carbocycles. The monoisotopic (exact) mass is 723 g/mol. The molecule has 0 radical (unpaired) electrons. The molecule has 11 nitrogen and oxygen atoms in total. The van der Waals surface area contributed by atoms with Gasteiger partial charge in [0.25, 0.3) is 0 Å². The van der Waals surface area contributed by atoms with Gasteiger partial charge in [0.1, 0.15) is 22.6 Å². The molecule has 0 unspecified atom stereocenters. The van der Waals surface area contributed by atoms with Crippen molar-refractivity contribution in [3.8, 4) is 6.07 Å². The van der Waals surface area contributed by atoms with E-state index >= 15 is 0 Å². The lowest BCUT2D eigenvalue weighted by molar-refractivity contribution is 0.0144. The van der Waals surface area contributed by atoms with Gasteiger partial charge in [-0.1, -0.05) is 40.9 Å². The number of likely N-dealkylation sites (tertiary alicyclic amines) is 1. The molecule has 2 aliphatic heterocycles. The number of ether oxygens (including phenoxy) is 1. The first-order valence-electron chi connectivity index (χ1n) is 15.5. The fourth-order valence-corrected chi connectivity index (χ4v) is 6.25. The number of piperidine rings is 1. The van der Waals surface area contributed by atoms with E-state index in [0.29, 0.717) is 51.2 Å². The first-order valence-corrected chi connectivity index (χ1v) is 16.6. The number of amides is 1. The number of hydrazine groups is 2. The summed E-state index contributed by atoms with van der Waals surface area (Å²) in [6.07, 6.45) is 6.28. The quantitative estimate of drug-likeness (QED) is 0.139. The highest BCUT2D eigenvalue weighted by atomic mass is 35.5. The van der Waals surface area contributed by atoms with Crippen LogP contribution in [-0.2, 0) is 4.74 Å². The van der Waals surface area contributed by atoms with Crippen LogP contribution in [0.4, 0.5) is 26.2 Å². The third-order valence-electron chi connectivity index (χ3n) is 8.06. The third-order valence-corrected chi connectivity index (χ3v) is 8.86. The van der Waals surface area contributed by atoms with Gasteiger partial charge in [-0.2, -0.15) is 5.26 Å². The molecule has 49 heavy (non-hydrogen) atoms. The summed E-state index contributed by atoms with van der Waals surface area (Å²) in [5.74, 6) is -0.557. The summed E-state index contributed by atoms with van der Waals surface area (Å²) < 4.78 is 19.4. The summed E-state index contributed by atoms with van der Waals surface area (Å²) in [5.41, 5.74) is 9.88. The maximum atomic E-state index is 13.9. The Morgan fingerprint density at radius 2 is 1.82 bits per heavy atom. The summed E-state index contributed by atoms with van der Waals surface area (Å²) in [6, 6.07) is 13.2. The Morgan fingerprint density at radius 3 is 2.49 bits per heavy atom. The largest absolute Gasteiger partial charge is 0.444 e. The molecule has 4 N–H and O–H groups in total. The number of carbonyl (C=O) groups is 1. The molecule has 4 heterocycles. The molecule has 1 atom stereocenters. The molecular formula is C34H33Cl3FN9O2. The molecule has 0 spiro atoms. The number of rotatable bonds is 7. The van der Waals surface area contributed by atoms with E-state index in [9.17, 15) is 14.4 Å².